The van der Waals surface area contributed by atoms with Crippen LogP contribution in [-0.2, 0) is 0 Å². The summed E-state index contributed by atoms with van der Waals surface area (Å²) >= 11 is 0. The van der Waals surface area contributed by atoms with Gasteiger partial charge in [0.1, 0.15) is 5.82 Å². The minimum absolute atomic E-state index is 0.561. The number of anilines is 2. The normalized spacial score (nSPS) is 10.7. The lowest BCUT2D eigenvalue weighted by atomic mass is 10.1. The van der Waals surface area contributed by atoms with Crippen molar-refractivity contribution in [1.82, 2.24) is 9.97 Å². The van der Waals surface area contributed by atoms with Crippen molar-refractivity contribution in [3.05, 3.63) is 60.9 Å². The van der Waals surface area contributed by atoms with Gasteiger partial charge in [0.05, 0.1) is 26.8 Å². The van der Waals surface area contributed by atoms with Crippen molar-refractivity contribution in [1.29, 1.82) is 0 Å². The van der Waals surface area contributed by atoms with Crippen LogP contribution in [0, 0.1) is 0 Å². The van der Waals surface area contributed by atoms with Gasteiger partial charge in [-0.3, -0.25) is 4.98 Å². The number of benzene rings is 2. The molecule has 4 aromatic rings. The molecule has 2 heterocycles. The van der Waals surface area contributed by atoms with Crippen LogP contribution in [0.1, 0.15) is 0 Å². The molecule has 2 aromatic heterocycles. The number of fused-ring (bicyclic) bond motifs is 1. The lowest BCUT2D eigenvalue weighted by Crippen LogP contribution is -1.98. The van der Waals surface area contributed by atoms with Crippen LogP contribution in [0.3, 0.4) is 0 Å². The zero-order valence-electron chi connectivity index (χ0n) is 15.9. The molecule has 0 saturated heterocycles. The number of H-pyrrole nitrogens is 1. The third-order valence-electron chi connectivity index (χ3n) is 4.57. The highest BCUT2D eigenvalue weighted by molar-refractivity contribution is 5.96. The van der Waals surface area contributed by atoms with E-state index >= 15 is 0 Å². The maximum absolute atomic E-state index is 5.43. The number of aromatic amines is 1. The molecule has 0 atom stereocenters. The SMILES string of the molecule is COc1cc(Nc2cc3cccc(-c4cccnc4)c3[nH]2)cc(OC)c1OC. The number of ether oxygens (including phenoxy) is 3. The molecule has 2 N–H and O–H groups in total. The summed E-state index contributed by atoms with van der Waals surface area (Å²) in [6, 6.07) is 16.0. The van der Waals surface area contributed by atoms with Gasteiger partial charge in [0, 0.05) is 46.7 Å². The zero-order valence-corrected chi connectivity index (χ0v) is 15.9. The van der Waals surface area contributed by atoms with Crippen molar-refractivity contribution in [2.45, 2.75) is 0 Å². The standard InChI is InChI=1S/C22H21N3O3/c1-26-18-11-16(12-19(27-2)22(18)28-3)24-20-10-14-6-4-8-17(21(14)25-20)15-7-5-9-23-13-15/h4-13,24-25H,1-3H3. The van der Waals surface area contributed by atoms with E-state index in [9.17, 15) is 0 Å². The zero-order chi connectivity index (χ0) is 19.5. The average Bonchev–Trinajstić information content (AvgIpc) is 3.15. The lowest BCUT2D eigenvalue weighted by molar-refractivity contribution is 0.324. The predicted octanol–water partition coefficient (Wildman–Crippen LogP) is 5.00. The third kappa shape index (κ3) is 3.20. The Labute approximate surface area is 163 Å². The summed E-state index contributed by atoms with van der Waals surface area (Å²) in [5, 5.41) is 4.49. The summed E-state index contributed by atoms with van der Waals surface area (Å²) < 4.78 is 16.2. The van der Waals surface area contributed by atoms with Crippen LogP contribution in [0.4, 0.5) is 11.5 Å². The molecule has 0 radical (unpaired) electrons. The molecule has 0 saturated carbocycles. The molecule has 6 heteroatoms. The number of hydrogen-bond donors (Lipinski definition) is 2. The Bertz CT molecular complexity index is 1080. The summed E-state index contributed by atoms with van der Waals surface area (Å²) in [5.41, 5.74) is 4.03. The van der Waals surface area contributed by atoms with Gasteiger partial charge in [0.2, 0.25) is 5.75 Å². The second-order valence-electron chi connectivity index (χ2n) is 6.23. The van der Waals surface area contributed by atoms with Crippen molar-refractivity contribution in [3.63, 3.8) is 0 Å². The average molecular weight is 375 g/mol. The monoisotopic (exact) mass is 375 g/mol. The van der Waals surface area contributed by atoms with Crippen LogP contribution in [0.2, 0.25) is 0 Å². The van der Waals surface area contributed by atoms with Crippen LogP contribution in [0.25, 0.3) is 22.0 Å². The first-order valence-electron chi connectivity index (χ1n) is 8.82. The Morgan fingerprint density at radius 2 is 1.68 bits per heavy atom. The Balaban J connectivity index is 1.73. The minimum atomic E-state index is 0.561. The Hall–Kier alpha value is -3.67. The first-order chi connectivity index (χ1) is 13.7. The van der Waals surface area contributed by atoms with E-state index in [1.807, 2.05) is 30.5 Å². The maximum Gasteiger partial charge on any atom is 0.203 e. The number of para-hydroxylation sites is 1. The van der Waals surface area contributed by atoms with E-state index < -0.39 is 0 Å². The number of pyridine rings is 1. The fraction of sp³-hybridized carbons (Fsp3) is 0.136. The van der Waals surface area contributed by atoms with E-state index in [4.69, 9.17) is 14.2 Å². The number of rotatable bonds is 6. The van der Waals surface area contributed by atoms with Gasteiger partial charge >= 0.3 is 0 Å². The van der Waals surface area contributed by atoms with Gasteiger partial charge in [-0.15, -0.1) is 0 Å². The molecular weight excluding hydrogens is 354 g/mol. The smallest absolute Gasteiger partial charge is 0.203 e. The Kier molecular flexibility index (Phi) is 4.76. The molecule has 0 spiro atoms. The number of aromatic nitrogens is 2. The van der Waals surface area contributed by atoms with Crippen molar-refractivity contribution < 1.29 is 14.2 Å². The van der Waals surface area contributed by atoms with Gasteiger partial charge in [0.25, 0.3) is 0 Å². The third-order valence-corrected chi connectivity index (χ3v) is 4.57. The highest BCUT2D eigenvalue weighted by Crippen LogP contribution is 2.41. The van der Waals surface area contributed by atoms with Crippen molar-refractivity contribution in [3.8, 4) is 28.4 Å². The Morgan fingerprint density at radius 3 is 2.32 bits per heavy atom. The molecule has 0 bridgehead atoms. The minimum Gasteiger partial charge on any atom is -0.493 e. The van der Waals surface area contributed by atoms with E-state index in [1.165, 1.54) is 0 Å². The first-order valence-corrected chi connectivity index (χ1v) is 8.82. The van der Waals surface area contributed by atoms with Crippen molar-refractivity contribution in [2.75, 3.05) is 26.6 Å². The molecular formula is C22H21N3O3. The molecule has 142 valence electrons. The highest BCUT2D eigenvalue weighted by Gasteiger charge is 2.14. The predicted molar refractivity (Wildman–Crippen MR) is 111 cm³/mol. The van der Waals surface area contributed by atoms with Crippen molar-refractivity contribution in [2.24, 2.45) is 0 Å². The van der Waals surface area contributed by atoms with Gasteiger partial charge < -0.3 is 24.5 Å². The quantitative estimate of drug-likeness (QED) is 0.496. The molecule has 0 fully saturated rings. The molecule has 6 nitrogen and oxygen atoms in total. The second-order valence-corrected chi connectivity index (χ2v) is 6.23. The van der Waals surface area contributed by atoms with Crippen LogP contribution in [0.5, 0.6) is 17.2 Å². The first kappa shape index (κ1) is 17.7. The van der Waals surface area contributed by atoms with Gasteiger partial charge in [-0.1, -0.05) is 24.3 Å². The fourth-order valence-electron chi connectivity index (χ4n) is 3.29. The van der Waals surface area contributed by atoms with E-state index in [0.29, 0.717) is 17.2 Å². The molecule has 0 aliphatic rings. The topological polar surface area (TPSA) is 68.4 Å². The van der Waals surface area contributed by atoms with Gasteiger partial charge in [-0.2, -0.15) is 0 Å². The molecule has 0 amide bonds. The molecule has 2 aromatic carbocycles. The number of methoxy groups -OCH3 is 3. The fourth-order valence-corrected chi connectivity index (χ4v) is 3.29. The Morgan fingerprint density at radius 1 is 0.893 bits per heavy atom. The van der Waals surface area contributed by atoms with E-state index in [2.05, 4.69) is 39.6 Å². The summed E-state index contributed by atoms with van der Waals surface area (Å²) in [6.45, 7) is 0. The van der Waals surface area contributed by atoms with Crippen LogP contribution >= 0.6 is 0 Å². The number of nitrogens with zero attached hydrogens (tertiary/aromatic N) is 1. The van der Waals surface area contributed by atoms with Crippen molar-refractivity contribution >= 4 is 22.4 Å². The summed E-state index contributed by atoms with van der Waals surface area (Å²) in [7, 11) is 4.79. The molecule has 0 aliphatic heterocycles. The second kappa shape index (κ2) is 7.52. The van der Waals surface area contributed by atoms with E-state index in [-0.39, 0.29) is 0 Å². The van der Waals surface area contributed by atoms with Crippen LogP contribution in [0.15, 0.2) is 60.9 Å². The van der Waals surface area contributed by atoms with Gasteiger partial charge in [0.15, 0.2) is 11.5 Å². The number of nitrogens with one attached hydrogen (secondary N) is 2. The molecule has 28 heavy (non-hydrogen) atoms. The largest absolute Gasteiger partial charge is 0.493 e. The van der Waals surface area contributed by atoms with Gasteiger partial charge in [-0.25, -0.2) is 0 Å². The van der Waals surface area contributed by atoms with E-state index in [1.54, 1.807) is 27.5 Å². The van der Waals surface area contributed by atoms with Gasteiger partial charge in [-0.05, 0) is 12.1 Å². The summed E-state index contributed by atoms with van der Waals surface area (Å²) in [4.78, 5) is 7.69. The molecule has 0 unspecified atom stereocenters. The van der Waals surface area contributed by atoms with Crippen LogP contribution in [-0.4, -0.2) is 31.3 Å². The van der Waals surface area contributed by atoms with E-state index in [0.717, 1.165) is 33.5 Å². The number of hydrogen-bond acceptors (Lipinski definition) is 5. The lowest BCUT2D eigenvalue weighted by Gasteiger charge is -2.14. The molecule has 0 aliphatic carbocycles. The summed E-state index contributed by atoms with van der Waals surface area (Å²) in [6.07, 6.45) is 3.64. The highest BCUT2D eigenvalue weighted by atomic mass is 16.5. The summed E-state index contributed by atoms with van der Waals surface area (Å²) in [5.74, 6) is 2.61. The molecule has 4 rings (SSSR count). The maximum atomic E-state index is 5.43. The van der Waals surface area contributed by atoms with Crippen LogP contribution < -0.4 is 19.5 Å².